The third kappa shape index (κ3) is 1.65. The molecule has 0 heterocycles. The van der Waals surface area contributed by atoms with Crippen LogP contribution < -0.4 is 0 Å². The molecule has 0 saturated heterocycles. The van der Waals surface area contributed by atoms with Crippen molar-refractivity contribution in [3.8, 4) is 0 Å². The largest absolute Gasteiger partial charge is 0.0622 e. The van der Waals surface area contributed by atoms with E-state index in [2.05, 4.69) is 61.5 Å². The molecule has 0 spiro atoms. The highest BCUT2D eigenvalue weighted by molar-refractivity contribution is 5.39. The molecule has 0 bridgehead atoms. The van der Waals surface area contributed by atoms with Gasteiger partial charge in [-0.05, 0) is 41.9 Å². The molecule has 0 radical (unpaired) electrons. The van der Waals surface area contributed by atoms with Crippen molar-refractivity contribution in [2.24, 2.45) is 0 Å². The Labute approximate surface area is 96.9 Å². The summed E-state index contributed by atoms with van der Waals surface area (Å²) in [6.45, 7) is 2.22. The molecular weight excluding hydrogens is 192 g/mol. The number of hydrogen-bond donors (Lipinski definition) is 0. The Balaban J connectivity index is 1.85. The van der Waals surface area contributed by atoms with E-state index in [0.717, 1.165) is 11.8 Å². The summed E-state index contributed by atoms with van der Waals surface area (Å²) in [5.74, 6) is 1.51. The SMILES string of the molecule is Cc1ccccc1[C@@H]1C[C@@H]1c1ccccc1. The van der Waals surface area contributed by atoms with Crippen molar-refractivity contribution in [2.75, 3.05) is 0 Å². The van der Waals surface area contributed by atoms with Crippen LogP contribution in [0.4, 0.5) is 0 Å². The maximum absolute atomic E-state index is 2.28. The molecule has 1 aliphatic rings. The van der Waals surface area contributed by atoms with Gasteiger partial charge in [0.25, 0.3) is 0 Å². The van der Waals surface area contributed by atoms with E-state index < -0.39 is 0 Å². The minimum absolute atomic E-state index is 0.752. The van der Waals surface area contributed by atoms with Crippen molar-refractivity contribution < 1.29 is 0 Å². The molecule has 2 aromatic rings. The summed E-state index contributed by atoms with van der Waals surface area (Å²) >= 11 is 0. The van der Waals surface area contributed by atoms with Gasteiger partial charge < -0.3 is 0 Å². The predicted octanol–water partition coefficient (Wildman–Crippen LogP) is 4.27. The third-order valence-corrected chi connectivity index (χ3v) is 3.61. The molecule has 1 aliphatic carbocycles. The first-order chi connectivity index (χ1) is 7.86. The van der Waals surface area contributed by atoms with Crippen molar-refractivity contribution in [3.63, 3.8) is 0 Å². The smallest absolute Gasteiger partial charge is 0.00842 e. The van der Waals surface area contributed by atoms with E-state index in [1.807, 2.05) is 0 Å². The van der Waals surface area contributed by atoms with Crippen LogP contribution in [0.15, 0.2) is 54.6 Å². The first kappa shape index (κ1) is 9.65. The lowest BCUT2D eigenvalue weighted by atomic mass is 10.0. The summed E-state index contributed by atoms with van der Waals surface area (Å²) in [5.41, 5.74) is 4.47. The Bertz CT molecular complexity index is 484. The van der Waals surface area contributed by atoms with Gasteiger partial charge >= 0.3 is 0 Å². The van der Waals surface area contributed by atoms with Gasteiger partial charge in [-0.2, -0.15) is 0 Å². The zero-order valence-electron chi connectivity index (χ0n) is 9.56. The lowest BCUT2D eigenvalue weighted by Gasteiger charge is -2.04. The van der Waals surface area contributed by atoms with E-state index in [1.54, 1.807) is 0 Å². The third-order valence-electron chi connectivity index (χ3n) is 3.61. The van der Waals surface area contributed by atoms with Crippen LogP contribution in [0, 0.1) is 6.92 Å². The maximum Gasteiger partial charge on any atom is -0.00842 e. The van der Waals surface area contributed by atoms with Crippen molar-refractivity contribution >= 4 is 0 Å². The molecular formula is C16H16. The van der Waals surface area contributed by atoms with Gasteiger partial charge in [-0.15, -0.1) is 0 Å². The van der Waals surface area contributed by atoms with Crippen LogP contribution in [0.2, 0.25) is 0 Å². The van der Waals surface area contributed by atoms with Crippen LogP contribution in [0.5, 0.6) is 0 Å². The number of hydrogen-bond acceptors (Lipinski definition) is 0. The first-order valence-electron chi connectivity index (χ1n) is 5.97. The maximum atomic E-state index is 2.28. The van der Waals surface area contributed by atoms with E-state index in [-0.39, 0.29) is 0 Å². The predicted molar refractivity (Wildman–Crippen MR) is 67.7 cm³/mol. The molecule has 0 N–H and O–H groups in total. The van der Waals surface area contributed by atoms with Gasteiger partial charge in [0.2, 0.25) is 0 Å². The molecule has 2 atom stereocenters. The molecule has 3 rings (SSSR count). The minimum atomic E-state index is 0.752. The normalized spacial score (nSPS) is 23.1. The molecule has 1 saturated carbocycles. The van der Waals surface area contributed by atoms with Crippen molar-refractivity contribution in [2.45, 2.75) is 25.2 Å². The average Bonchev–Trinajstić information content (AvgIpc) is 3.11. The van der Waals surface area contributed by atoms with Gasteiger partial charge in [-0.25, -0.2) is 0 Å². The summed E-state index contributed by atoms with van der Waals surface area (Å²) in [6.07, 6.45) is 1.31. The van der Waals surface area contributed by atoms with E-state index in [4.69, 9.17) is 0 Å². The number of rotatable bonds is 2. The Morgan fingerprint density at radius 1 is 0.812 bits per heavy atom. The number of aryl methyl sites for hydroxylation is 1. The minimum Gasteiger partial charge on any atom is -0.0622 e. The Morgan fingerprint density at radius 2 is 1.50 bits per heavy atom. The second-order valence-corrected chi connectivity index (χ2v) is 4.72. The highest BCUT2D eigenvalue weighted by Gasteiger charge is 2.39. The molecule has 0 aromatic heterocycles. The van der Waals surface area contributed by atoms with E-state index >= 15 is 0 Å². The Kier molecular flexibility index (Phi) is 2.28. The van der Waals surface area contributed by atoms with Crippen LogP contribution in [0.3, 0.4) is 0 Å². The molecule has 0 nitrogen and oxygen atoms in total. The van der Waals surface area contributed by atoms with Gasteiger partial charge in [-0.1, -0.05) is 54.6 Å². The molecule has 16 heavy (non-hydrogen) atoms. The summed E-state index contributed by atoms with van der Waals surface area (Å²) in [6, 6.07) is 19.7. The van der Waals surface area contributed by atoms with Crippen LogP contribution in [0.25, 0.3) is 0 Å². The highest BCUT2D eigenvalue weighted by Crippen LogP contribution is 2.55. The van der Waals surface area contributed by atoms with E-state index in [9.17, 15) is 0 Å². The van der Waals surface area contributed by atoms with Crippen LogP contribution in [-0.4, -0.2) is 0 Å². The zero-order chi connectivity index (χ0) is 11.0. The van der Waals surface area contributed by atoms with E-state index in [0.29, 0.717) is 0 Å². The van der Waals surface area contributed by atoms with Gasteiger partial charge in [0.05, 0.1) is 0 Å². The lowest BCUT2D eigenvalue weighted by molar-refractivity contribution is 1.01. The second-order valence-electron chi connectivity index (χ2n) is 4.72. The molecule has 0 heteroatoms. The monoisotopic (exact) mass is 208 g/mol. The quantitative estimate of drug-likeness (QED) is 0.691. The Hall–Kier alpha value is -1.56. The number of benzene rings is 2. The molecule has 2 aromatic carbocycles. The standard InChI is InChI=1S/C16H16/c1-12-7-5-6-10-14(12)16-11-15(16)13-8-3-2-4-9-13/h2-10,15-16H,11H2,1H3/t15-,16+/m1/s1. The fraction of sp³-hybridized carbons (Fsp3) is 0.250. The van der Waals surface area contributed by atoms with E-state index in [1.165, 1.54) is 23.1 Å². The summed E-state index contributed by atoms with van der Waals surface area (Å²) < 4.78 is 0. The average molecular weight is 208 g/mol. The summed E-state index contributed by atoms with van der Waals surface area (Å²) in [4.78, 5) is 0. The van der Waals surface area contributed by atoms with Crippen molar-refractivity contribution in [3.05, 3.63) is 71.3 Å². The molecule has 0 aliphatic heterocycles. The van der Waals surface area contributed by atoms with Gasteiger partial charge in [0.1, 0.15) is 0 Å². The van der Waals surface area contributed by atoms with Crippen molar-refractivity contribution in [1.82, 2.24) is 0 Å². The van der Waals surface area contributed by atoms with Crippen molar-refractivity contribution in [1.29, 1.82) is 0 Å². The van der Waals surface area contributed by atoms with Crippen LogP contribution in [0.1, 0.15) is 34.9 Å². The molecule has 80 valence electrons. The van der Waals surface area contributed by atoms with Gasteiger partial charge in [0.15, 0.2) is 0 Å². The fourth-order valence-corrected chi connectivity index (χ4v) is 2.61. The van der Waals surface area contributed by atoms with Gasteiger partial charge in [0, 0.05) is 0 Å². The lowest BCUT2D eigenvalue weighted by Crippen LogP contribution is -1.87. The highest BCUT2D eigenvalue weighted by atomic mass is 14.4. The first-order valence-corrected chi connectivity index (χ1v) is 5.97. The Morgan fingerprint density at radius 3 is 2.25 bits per heavy atom. The fourth-order valence-electron chi connectivity index (χ4n) is 2.61. The van der Waals surface area contributed by atoms with Crippen LogP contribution in [-0.2, 0) is 0 Å². The summed E-state index contributed by atoms with van der Waals surface area (Å²) in [7, 11) is 0. The zero-order valence-corrected chi connectivity index (χ0v) is 9.56. The molecule has 0 amide bonds. The van der Waals surface area contributed by atoms with Crippen LogP contribution >= 0.6 is 0 Å². The summed E-state index contributed by atoms with van der Waals surface area (Å²) in [5, 5.41) is 0. The molecule has 1 fully saturated rings. The second kappa shape index (κ2) is 3.79. The molecule has 0 unspecified atom stereocenters. The van der Waals surface area contributed by atoms with Gasteiger partial charge in [-0.3, -0.25) is 0 Å². The topological polar surface area (TPSA) is 0 Å².